The molecule has 3 N–H and O–H groups in total. The van der Waals surface area contributed by atoms with E-state index in [1.54, 1.807) is 6.07 Å². The van der Waals surface area contributed by atoms with Gasteiger partial charge in [-0.15, -0.1) is 0 Å². The van der Waals surface area contributed by atoms with Gasteiger partial charge in [0.05, 0.1) is 23.5 Å². The van der Waals surface area contributed by atoms with Gasteiger partial charge in [-0.05, 0) is 12.1 Å². The molecule has 19 heavy (non-hydrogen) atoms. The van der Waals surface area contributed by atoms with E-state index in [0.717, 1.165) is 18.3 Å². The maximum Gasteiger partial charge on any atom is 0.358 e. The standard InChI is InChI=1S/C11H6F2N4O2/c12-6-1-5(3-14)2-7(13)10(6)17-4-8(15)9(16-17)11(18)19/h1-2,4H,15H2,(H,18,19). The van der Waals surface area contributed by atoms with Crippen LogP contribution < -0.4 is 5.73 Å². The van der Waals surface area contributed by atoms with Crippen molar-refractivity contribution >= 4 is 11.7 Å². The first-order chi connectivity index (χ1) is 8.93. The summed E-state index contributed by atoms with van der Waals surface area (Å²) in [5.74, 6) is -3.50. The monoisotopic (exact) mass is 264 g/mol. The van der Waals surface area contributed by atoms with Crippen molar-refractivity contribution in [3.8, 4) is 11.8 Å². The first-order valence-electron chi connectivity index (χ1n) is 4.92. The summed E-state index contributed by atoms with van der Waals surface area (Å²) >= 11 is 0. The molecule has 0 saturated carbocycles. The molecule has 0 saturated heterocycles. The van der Waals surface area contributed by atoms with Crippen molar-refractivity contribution in [1.29, 1.82) is 5.26 Å². The minimum Gasteiger partial charge on any atom is -0.476 e. The van der Waals surface area contributed by atoms with Crippen LogP contribution in [-0.2, 0) is 0 Å². The van der Waals surface area contributed by atoms with Crippen LogP contribution in [0.1, 0.15) is 16.1 Å². The zero-order valence-corrected chi connectivity index (χ0v) is 9.26. The van der Waals surface area contributed by atoms with E-state index in [4.69, 9.17) is 16.1 Å². The Kier molecular flexibility index (Phi) is 2.88. The second-order valence-electron chi connectivity index (χ2n) is 3.58. The van der Waals surface area contributed by atoms with E-state index in [2.05, 4.69) is 5.10 Å². The molecule has 0 aliphatic heterocycles. The lowest BCUT2D eigenvalue weighted by Crippen LogP contribution is -2.05. The number of hydrogen-bond donors (Lipinski definition) is 2. The predicted octanol–water partition coefficient (Wildman–Crippen LogP) is 1.30. The summed E-state index contributed by atoms with van der Waals surface area (Å²) in [5.41, 5.74) is 3.84. The Hall–Kier alpha value is -2.95. The van der Waals surface area contributed by atoms with Crippen LogP contribution in [-0.4, -0.2) is 20.9 Å². The van der Waals surface area contributed by atoms with Crippen molar-refractivity contribution in [2.24, 2.45) is 0 Å². The maximum atomic E-state index is 13.7. The molecule has 0 spiro atoms. The summed E-state index contributed by atoms with van der Waals surface area (Å²) in [6, 6.07) is 3.23. The minimum absolute atomic E-state index is 0.197. The van der Waals surface area contributed by atoms with E-state index in [-0.39, 0.29) is 11.3 Å². The van der Waals surface area contributed by atoms with Crippen molar-refractivity contribution in [2.75, 3.05) is 5.73 Å². The SMILES string of the molecule is N#Cc1cc(F)c(-n2cc(N)c(C(=O)O)n2)c(F)c1. The second kappa shape index (κ2) is 4.38. The van der Waals surface area contributed by atoms with Crippen molar-refractivity contribution in [2.45, 2.75) is 0 Å². The fraction of sp³-hybridized carbons (Fsp3) is 0. The molecular formula is C11H6F2N4O2. The Balaban J connectivity index is 2.63. The smallest absolute Gasteiger partial charge is 0.358 e. The molecule has 0 unspecified atom stereocenters. The molecule has 6 nitrogen and oxygen atoms in total. The molecule has 0 atom stereocenters. The number of benzene rings is 1. The summed E-state index contributed by atoms with van der Waals surface area (Å²) in [4.78, 5) is 10.8. The zero-order valence-electron chi connectivity index (χ0n) is 9.26. The molecule has 0 aliphatic carbocycles. The molecule has 8 heteroatoms. The highest BCUT2D eigenvalue weighted by atomic mass is 19.1. The summed E-state index contributed by atoms with van der Waals surface area (Å²) in [7, 11) is 0. The Labute approximate surface area is 105 Å². The Bertz CT molecular complexity index is 695. The molecule has 96 valence electrons. The van der Waals surface area contributed by atoms with E-state index >= 15 is 0 Å². The normalized spacial score (nSPS) is 10.2. The number of nitrogen functional groups attached to an aromatic ring is 1. The Morgan fingerprint density at radius 3 is 2.42 bits per heavy atom. The van der Waals surface area contributed by atoms with E-state index in [0.29, 0.717) is 4.68 Å². The average molecular weight is 264 g/mol. The van der Waals surface area contributed by atoms with Gasteiger partial charge in [0.2, 0.25) is 0 Å². The van der Waals surface area contributed by atoms with E-state index in [1.807, 2.05) is 0 Å². The third-order valence-corrected chi connectivity index (χ3v) is 2.32. The topological polar surface area (TPSA) is 105 Å². The van der Waals surface area contributed by atoms with Crippen LogP contribution in [0.25, 0.3) is 5.69 Å². The van der Waals surface area contributed by atoms with Crippen LogP contribution >= 0.6 is 0 Å². The maximum absolute atomic E-state index is 13.7. The van der Waals surface area contributed by atoms with E-state index in [9.17, 15) is 13.6 Å². The minimum atomic E-state index is -1.41. The van der Waals surface area contributed by atoms with Crippen molar-refractivity contribution in [3.05, 3.63) is 41.2 Å². The Morgan fingerprint density at radius 2 is 2.00 bits per heavy atom. The fourth-order valence-corrected chi connectivity index (χ4v) is 1.52. The van der Waals surface area contributed by atoms with E-state index < -0.39 is 29.0 Å². The van der Waals surface area contributed by atoms with Crippen LogP contribution in [0, 0.1) is 23.0 Å². The first-order valence-corrected chi connectivity index (χ1v) is 4.92. The zero-order chi connectivity index (χ0) is 14.2. The van der Waals surface area contributed by atoms with E-state index in [1.165, 1.54) is 0 Å². The number of nitriles is 1. The quantitative estimate of drug-likeness (QED) is 0.850. The van der Waals surface area contributed by atoms with Crippen molar-refractivity contribution in [3.63, 3.8) is 0 Å². The third-order valence-electron chi connectivity index (χ3n) is 2.32. The third kappa shape index (κ3) is 2.09. The number of halogens is 2. The first kappa shape index (κ1) is 12.5. The number of nitrogens with zero attached hydrogens (tertiary/aromatic N) is 3. The molecule has 0 fully saturated rings. The lowest BCUT2D eigenvalue weighted by Gasteiger charge is -2.04. The van der Waals surface area contributed by atoms with Gasteiger partial charge >= 0.3 is 5.97 Å². The molecule has 2 rings (SSSR count). The number of carboxylic acid groups (broad SMARTS) is 1. The lowest BCUT2D eigenvalue weighted by molar-refractivity contribution is 0.0691. The summed E-state index contributed by atoms with van der Waals surface area (Å²) < 4.78 is 28.1. The van der Waals surface area contributed by atoms with Gasteiger partial charge in [-0.25, -0.2) is 18.3 Å². The molecule has 1 aromatic carbocycles. The van der Waals surface area contributed by atoms with Gasteiger partial charge in [0.25, 0.3) is 0 Å². The van der Waals surface area contributed by atoms with Gasteiger partial charge in [-0.3, -0.25) is 0 Å². The molecular weight excluding hydrogens is 258 g/mol. The molecule has 0 radical (unpaired) electrons. The van der Waals surface area contributed by atoms with Gasteiger partial charge in [-0.1, -0.05) is 0 Å². The predicted molar refractivity (Wildman–Crippen MR) is 59.6 cm³/mol. The number of anilines is 1. The van der Waals surface area contributed by atoms with Gasteiger partial charge < -0.3 is 10.8 Å². The molecule has 1 heterocycles. The highest BCUT2D eigenvalue weighted by molar-refractivity contribution is 5.91. The second-order valence-corrected chi connectivity index (χ2v) is 3.58. The summed E-state index contributed by atoms with van der Waals surface area (Å²) in [6.45, 7) is 0. The van der Waals surface area contributed by atoms with Crippen molar-refractivity contribution in [1.82, 2.24) is 9.78 Å². The summed E-state index contributed by atoms with van der Waals surface area (Å²) in [6.07, 6.45) is 0.983. The highest BCUT2D eigenvalue weighted by Crippen LogP contribution is 2.21. The number of hydrogen-bond acceptors (Lipinski definition) is 4. The highest BCUT2D eigenvalue weighted by Gasteiger charge is 2.19. The number of nitrogens with two attached hydrogens (primary N) is 1. The number of carbonyl (C=O) groups is 1. The van der Waals surface area contributed by atoms with Crippen LogP contribution in [0.5, 0.6) is 0 Å². The van der Waals surface area contributed by atoms with Crippen LogP contribution in [0.15, 0.2) is 18.3 Å². The molecule has 0 aliphatic rings. The van der Waals surface area contributed by atoms with Crippen LogP contribution in [0.4, 0.5) is 14.5 Å². The van der Waals surface area contributed by atoms with Gasteiger partial charge in [-0.2, -0.15) is 10.4 Å². The summed E-state index contributed by atoms with van der Waals surface area (Å²) in [5, 5.41) is 20.8. The van der Waals surface area contributed by atoms with Gasteiger partial charge in [0, 0.05) is 0 Å². The molecule has 0 amide bonds. The fourth-order valence-electron chi connectivity index (χ4n) is 1.52. The number of aromatic nitrogens is 2. The Morgan fingerprint density at radius 1 is 1.42 bits per heavy atom. The van der Waals surface area contributed by atoms with Crippen molar-refractivity contribution < 1.29 is 18.7 Å². The van der Waals surface area contributed by atoms with Gasteiger partial charge in [0.1, 0.15) is 5.69 Å². The number of carboxylic acids is 1. The average Bonchev–Trinajstić information content (AvgIpc) is 2.70. The largest absolute Gasteiger partial charge is 0.476 e. The van der Waals surface area contributed by atoms with Crippen LogP contribution in [0.3, 0.4) is 0 Å². The van der Waals surface area contributed by atoms with Gasteiger partial charge in [0.15, 0.2) is 17.3 Å². The molecule has 1 aromatic heterocycles. The molecule has 0 bridgehead atoms. The number of rotatable bonds is 2. The molecule has 2 aromatic rings. The van der Waals surface area contributed by atoms with Crippen LogP contribution in [0.2, 0.25) is 0 Å². The number of aromatic carboxylic acids is 1. The lowest BCUT2D eigenvalue weighted by atomic mass is 10.2.